The predicted molar refractivity (Wildman–Crippen MR) is 157 cm³/mol. The minimum Gasteiger partial charge on any atom is -0.379 e. The van der Waals surface area contributed by atoms with Crippen LogP contribution < -0.4 is 10.6 Å². The number of thiazole rings is 1. The van der Waals surface area contributed by atoms with E-state index < -0.39 is 5.92 Å². The van der Waals surface area contributed by atoms with Gasteiger partial charge in [0.15, 0.2) is 5.78 Å². The van der Waals surface area contributed by atoms with Crippen molar-refractivity contribution in [1.29, 1.82) is 0 Å². The van der Waals surface area contributed by atoms with Crippen molar-refractivity contribution in [3.8, 4) is 0 Å². The zero-order valence-electron chi connectivity index (χ0n) is 23.9. The molecule has 1 aliphatic rings. The summed E-state index contributed by atoms with van der Waals surface area (Å²) in [5.41, 5.74) is 2.77. The van der Waals surface area contributed by atoms with Crippen molar-refractivity contribution >= 4 is 39.2 Å². The van der Waals surface area contributed by atoms with E-state index in [-0.39, 0.29) is 36.0 Å². The fourth-order valence-corrected chi connectivity index (χ4v) is 5.89. The predicted octanol–water partition coefficient (Wildman–Crippen LogP) is 3.92. The third kappa shape index (κ3) is 9.22. The van der Waals surface area contributed by atoms with Gasteiger partial charge in [-0.25, -0.2) is 4.98 Å². The monoisotopic (exact) mass is 556 g/mol. The number of nitrogens with one attached hydrogen (secondary N) is 2. The summed E-state index contributed by atoms with van der Waals surface area (Å²) in [6.45, 7) is 13.8. The van der Waals surface area contributed by atoms with E-state index in [1.807, 2.05) is 6.07 Å². The Morgan fingerprint density at radius 3 is 2.62 bits per heavy atom. The summed E-state index contributed by atoms with van der Waals surface area (Å²) in [6.07, 6.45) is 3.16. The highest BCUT2D eigenvalue weighted by Gasteiger charge is 2.28. The molecule has 1 aromatic heterocycles. The van der Waals surface area contributed by atoms with Crippen molar-refractivity contribution in [1.82, 2.24) is 20.5 Å². The first kappa shape index (κ1) is 30.9. The average Bonchev–Trinajstić information content (AvgIpc) is 3.35. The lowest BCUT2D eigenvalue weighted by Gasteiger charge is -2.28. The molecule has 9 heteroatoms. The lowest BCUT2D eigenvalue weighted by Crippen LogP contribution is -2.44. The molecule has 0 bridgehead atoms. The summed E-state index contributed by atoms with van der Waals surface area (Å²) in [5, 5.41) is 6.69. The van der Waals surface area contributed by atoms with Gasteiger partial charge >= 0.3 is 0 Å². The van der Waals surface area contributed by atoms with Crippen molar-refractivity contribution in [2.45, 2.75) is 65.3 Å². The van der Waals surface area contributed by atoms with Crippen LogP contribution >= 0.6 is 11.3 Å². The van der Waals surface area contributed by atoms with Gasteiger partial charge in [0.2, 0.25) is 11.8 Å². The third-order valence-electron chi connectivity index (χ3n) is 7.66. The molecule has 0 unspecified atom stereocenters. The van der Waals surface area contributed by atoms with E-state index in [1.54, 1.807) is 18.4 Å². The molecule has 214 valence electrons. The first-order chi connectivity index (χ1) is 18.7. The molecule has 1 fully saturated rings. The summed E-state index contributed by atoms with van der Waals surface area (Å²) < 4.78 is 6.48. The molecule has 1 saturated heterocycles. The Balaban J connectivity index is 1.66. The molecule has 1 aliphatic heterocycles. The number of ketones is 1. The van der Waals surface area contributed by atoms with E-state index in [1.165, 1.54) is 5.56 Å². The van der Waals surface area contributed by atoms with Crippen LogP contribution in [0.1, 0.15) is 57.0 Å². The number of carbonyl (C=O) groups excluding carboxylic acids is 3. The zero-order valence-corrected chi connectivity index (χ0v) is 24.7. The molecule has 2 heterocycles. The number of Topliss-reactive ketones (excluding diaryl/α,β-unsaturated/α-hetero) is 1. The first-order valence-electron chi connectivity index (χ1n) is 14.1. The van der Waals surface area contributed by atoms with Gasteiger partial charge in [-0.2, -0.15) is 0 Å². The summed E-state index contributed by atoms with van der Waals surface area (Å²) in [7, 11) is 1.58. The molecule has 3 atom stereocenters. The smallest absolute Gasteiger partial charge is 0.224 e. The number of morpholine rings is 1. The quantitative estimate of drug-likeness (QED) is 0.323. The number of carbonyl (C=O) groups is 3. The number of aromatic nitrogens is 1. The molecule has 2 amide bonds. The molecule has 8 nitrogen and oxygen atoms in total. The van der Waals surface area contributed by atoms with E-state index in [0.29, 0.717) is 44.6 Å². The standard InChI is InChI=1S/C30H44N4O4S/c1-6-20(3)24(10-11-26(35)21(4)19-34-12-14-38-15-13-34)33-30(37)23(17-28(36)31-5)18-29-32-25-9-8-22(7-2)16-27(25)39-29/h8-9,16,20,23-24H,4,6-7,10-15,17-19H2,1-3,5H3,(H,31,36)(H,33,37)/t20-,23-,24+/m0/s1. The minimum absolute atomic E-state index is 0.0341. The maximum Gasteiger partial charge on any atom is 0.224 e. The maximum absolute atomic E-state index is 13.6. The number of benzene rings is 1. The molecular formula is C30H44N4O4S. The maximum atomic E-state index is 13.6. The summed E-state index contributed by atoms with van der Waals surface area (Å²) in [5.74, 6) is -0.678. The Labute approximate surface area is 236 Å². The highest BCUT2D eigenvalue weighted by molar-refractivity contribution is 7.18. The number of hydrogen-bond acceptors (Lipinski definition) is 7. The third-order valence-corrected chi connectivity index (χ3v) is 8.70. The van der Waals surface area contributed by atoms with Crippen LogP contribution in [0.4, 0.5) is 0 Å². The number of rotatable bonds is 15. The fourth-order valence-electron chi connectivity index (χ4n) is 4.78. The molecule has 39 heavy (non-hydrogen) atoms. The highest BCUT2D eigenvalue weighted by Crippen LogP contribution is 2.27. The van der Waals surface area contributed by atoms with Gasteiger partial charge in [-0.05, 0) is 36.5 Å². The van der Waals surface area contributed by atoms with Crippen LogP contribution in [-0.2, 0) is 32.0 Å². The Bertz CT molecular complexity index is 1140. The first-order valence-corrected chi connectivity index (χ1v) is 15.0. The minimum atomic E-state index is -0.547. The lowest BCUT2D eigenvalue weighted by atomic mass is 9.91. The molecule has 0 spiro atoms. The van der Waals surface area contributed by atoms with Gasteiger partial charge in [0.1, 0.15) is 0 Å². The van der Waals surface area contributed by atoms with Crippen molar-refractivity contribution in [3.05, 3.63) is 40.9 Å². The van der Waals surface area contributed by atoms with Crippen LogP contribution in [0, 0.1) is 11.8 Å². The van der Waals surface area contributed by atoms with Gasteiger partial charge in [-0.3, -0.25) is 19.3 Å². The fraction of sp³-hybridized carbons (Fsp3) is 0.600. The van der Waals surface area contributed by atoms with Crippen LogP contribution in [0.15, 0.2) is 30.4 Å². The molecule has 0 aliphatic carbocycles. The van der Waals surface area contributed by atoms with Crippen LogP contribution in [0.3, 0.4) is 0 Å². The van der Waals surface area contributed by atoms with Gasteiger partial charge in [-0.15, -0.1) is 11.3 Å². The van der Waals surface area contributed by atoms with Gasteiger partial charge in [0.25, 0.3) is 0 Å². The van der Waals surface area contributed by atoms with Crippen molar-refractivity contribution in [3.63, 3.8) is 0 Å². The van der Waals surface area contributed by atoms with Gasteiger partial charge in [-0.1, -0.05) is 39.8 Å². The molecule has 1 aromatic carbocycles. The van der Waals surface area contributed by atoms with E-state index >= 15 is 0 Å². The van der Waals surface area contributed by atoms with Crippen molar-refractivity contribution in [2.24, 2.45) is 11.8 Å². The van der Waals surface area contributed by atoms with Gasteiger partial charge in [0.05, 0.1) is 34.4 Å². The zero-order chi connectivity index (χ0) is 28.4. The molecule has 2 aromatic rings. The van der Waals surface area contributed by atoms with Crippen LogP contribution in [0.5, 0.6) is 0 Å². The highest BCUT2D eigenvalue weighted by atomic mass is 32.1. The summed E-state index contributed by atoms with van der Waals surface area (Å²) >= 11 is 1.58. The van der Waals surface area contributed by atoms with Crippen molar-refractivity contribution < 1.29 is 19.1 Å². The Kier molecular flexibility index (Phi) is 12.1. The number of ether oxygens (including phenoxy) is 1. The van der Waals surface area contributed by atoms with E-state index in [2.05, 4.69) is 55.0 Å². The number of nitrogens with zero attached hydrogens (tertiary/aromatic N) is 2. The Hall–Kier alpha value is -2.62. The number of hydrogen-bond donors (Lipinski definition) is 2. The topological polar surface area (TPSA) is 101 Å². The number of amides is 2. The van der Waals surface area contributed by atoms with E-state index in [0.717, 1.165) is 41.2 Å². The normalized spacial score (nSPS) is 16.4. The second-order valence-electron chi connectivity index (χ2n) is 10.5. The Morgan fingerprint density at radius 1 is 1.21 bits per heavy atom. The summed E-state index contributed by atoms with van der Waals surface area (Å²) in [6, 6.07) is 6.07. The molecule has 0 saturated carbocycles. The van der Waals surface area contributed by atoms with E-state index in [9.17, 15) is 14.4 Å². The largest absolute Gasteiger partial charge is 0.379 e. The average molecular weight is 557 g/mol. The van der Waals surface area contributed by atoms with Gasteiger partial charge in [0, 0.05) is 57.6 Å². The molecule has 3 rings (SSSR count). The van der Waals surface area contributed by atoms with Crippen LogP contribution in [-0.4, -0.2) is 73.4 Å². The lowest BCUT2D eigenvalue weighted by molar-refractivity contribution is -0.131. The molecule has 2 N–H and O–H groups in total. The SMILES string of the molecule is C=C(CN1CCOCC1)C(=O)CC[C@@H](NC(=O)[C@@H](CC(=O)NC)Cc1nc2ccc(CC)cc2s1)[C@@H](C)CC. The number of aryl methyl sites for hydroxylation is 1. The second kappa shape index (κ2) is 15.2. The second-order valence-corrected chi connectivity index (χ2v) is 11.6. The molecule has 0 radical (unpaired) electrons. The van der Waals surface area contributed by atoms with Crippen LogP contribution in [0.25, 0.3) is 10.2 Å². The van der Waals surface area contributed by atoms with Crippen molar-refractivity contribution in [2.75, 3.05) is 39.9 Å². The molecular weight excluding hydrogens is 512 g/mol. The number of fused-ring (bicyclic) bond motifs is 1. The summed E-state index contributed by atoms with van der Waals surface area (Å²) in [4.78, 5) is 45.7. The van der Waals surface area contributed by atoms with E-state index in [4.69, 9.17) is 9.72 Å². The van der Waals surface area contributed by atoms with Gasteiger partial charge < -0.3 is 15.4 Å². The Morgan fingerprint density at radius 2 is 1.95 bits per heavy atom. The van der Waals surface area contributed by atoms with Crippen LogP contribution in [0.2, 0.25) is 0 Å².